The van der Waals surface area contributed by atoms with Crippen molar-refractivity contribution in [2.24, 2.45) is 5.92 Å². The smallest absolute Gasteiger partial charge is 0.226 e. The van der Waals surface area contributed by atoms with Gasteiger partial charge in [-0.3, -0.25) is 4.79 Å². The summed E-state index contributed by atoms with van der Waals surface area (Å²) >= 11 is 0. The number of benzene rings is 1. The monoisotopic (exact) mass is 315 g/mol. The van der Waals surface area contributed by atoms with Crippen molar-refractivity contribution in [1.82, 2.24) is 14.5 Å². The molecule has 5 heteroatoms. The maximum Gasteiger partial charge on any atom is 0.226 e. The van der Waals surface area contributed by atoms with Crippen LogP contribution in [0, 0.1) is 18.7 Å². The molecule has 1 aliphatic heterocycles. The molecule has 0 bridgehead atoms. The number of halogens is 1. The van der Waals surface area contributed by atoms with Crippen LogP contribution in [0.1, 0.15) is 24.2 Å². The summed E-state index contributed by atoms with van der Waals surface area (Å²) in [6.07, 6.45) is 6.24. The number of carbonyl (C=O) groups is 1. The molecule has 1 aliphatic rings. The van der Waals surface area contributed by atoms with Gasteiger partial charge in [0.1, 0.15) is 11.6 Å². The number of amides is 1. The molecule has 122 valence electrons. The van der Waals surface area contributed by atoms with Gasteiger partial charge >= 0.3 is 0 Å². The Hall–Kier alpha value is -2.17. The Bertz CT molecular complexity index is 657. The first kappa shape index (κ1) is 15.7. The van der Waals surface area contributed by atoms with Crippen molar-refractivity contribution in [3.63, 3.8) is 0 Å². The molecule has 0 spiro atoms. The molecule has 0 N–H and O–H groups in total. The van der Waals surface area contributed by atoms with Crippen LogP contribution in [0.2, 0.25) is 0 Å². The molecule has 1 aromatic carbocycles. The third-order valence-corrected chi connectivity index (χ3v) is 4.61. The number of aromatic nitrogens is 2. The van der Waals surface area contributed by atoms with Crippen molar-refractivity contribution < 1.29 is 9.18 Å². The van der Waals surface area contributed by atoms with Gasteiger partial charge in [0.15, 0.2) is 0 Å². The highest BCUT2D eigenvalue weighted by Crippen LogP contribution is 2.20. The normalized spacial score (nSPS) is 15.8. The Morgan fingerprint density at radius 1 is 1.26 bits per heavy atom. The molecule has 4 nitrogen and oxygen atoms in total. The van der Waals surface area contributed by atoms with Gasteiger partial charge in [-0.15, -0.1) is 0 Å². The van der Waals surface area contributed by atoms with Gasteiger partial charge < -0.3 is 9.47 Å². The highest BCUT2D eigenvalue weighted by Gasteiger charge is 2.23. The second-order valence-corrected chi connectivity index (χ2v) is 6.25. The fourth-order valence-electron chi connectivity index (χ4n) is 3.13. The number of likely N-dealkylation sites (tertiary alicyclic amines) is 1. The van der Waals surface area contributed by atoms with Crippen LogP contribution in [0.5, 0.6) is 0 Å². The van der Waals surface area contributed by atoms with E-state index in [0.717, 1.165) is 43.9 Å². The van der Waals surface area contributed by atoms with E-state index < -0.39 is 0 Å². The average molecular weight is 315 g/mol. The highest BCUT2D eigenvalue weighted by atomic mass is 19.1. The molecule has 0 radical (unpaired) electrons. The van der Waals surface area contributed by atoms with Crippen molar-refractivity contribution in [2.75, 3.05) is 13.1 Å². The van der Waals surface area contributed by atoms with Crippen LogP contribution in [0.4, 0.5) is 4.39 Å². The number of hydrogen-bond donors (Lipinski definition) is 0. The number of carbonyl (C=O) groups excluding carboxylic acids is 1. The SMILES string of the molecule is Cc1nccn1CC1CCN(C(=O)Cc2ccc(F)cc2)CC1. The number of rotatable bonds is 4. The van der Waals surface area contributed by atoms with Crippen molar-refractivity contribution in [1.29, 1.82) is 0 Å². The van der Waals surface area contributed by atoms with Crippen LogP contribution in [0.15, 0.2) is 36.7 Å². The molecule has 23 heavy (non-hydrogen) atoms. The summed E-state index contributed by atoms with van der Waals surface area (Å²) in [5.74, 6) is 1.50. The van der Waals surface area contributed by atoms with E-state index in [-0.39, 0.29) is 11.7 Å². The van der Waals surface area contributed by atoms with Gasteiger partial charge in [-0.25, -0.2) is 9.37 Å². The molecule has 0 aliphatic carbocycles. The lowest BCUT2D eigenvalue weighted by molar-refractivity contribution is -0.131. The van der Waals surface area contributed by atoms with Crippen LogP contribution in [-0.4, -0.2) is 33.4 Å². The topological polar surface area (TPSA) is 38.1 Å². The minimum absolute atomic E-state index is 0.133. The fraction of sp³-hybridized carbons (Fsp3) is 0.444. The zero-order valence-corrected chi connectivity index (χ0v) is 13.4. The number of imidazole rings is 1. The maximum absolute atomic E-state index is 12.9. The molecule has 2 aromatic rings. The minimum Gasteiger partial charge on any atom is -0.342 e. The second kappa shape index (κ2) is 6.94. The lowest BCUT2D eigenvalue weighted by Gasteiger charge is -2.32. The molecule has 1 aromatic heterocycles. The van der Waals surface area contributed by atoms with E-state index in [1.165, 1.54) is 12.1 Å². The van der Waals surface area contributed by atoms with Gasteiger partial charge in [0.25, 0.3) is 0 Å². The Morgan fingerprint density at radius 3 is 2.57 bits per heavy atom. The Labute approximate surface area is 135 Å². The zero-order valence-electron chi connectivity index (χ0n) is 13.4. The largest absolute Gasteiger partial charge is 0.342 e. The summed E-state index contributed by atoms with van der Waals surface area (Å²) in [5, 5.41) is 0. The van der Waals surface area contributed by atoms with Crippen molar-refractivity contribution in [2.45, 2.75) is 32.7 Å². The Kier molecular flexibility index (Phi) is 4.74. The van der Waals surface area contributed by atoms with Crippen LogP contribution >= 0.6 is 0 Å². The summed E-state index contributed by atoms with van der Waals surface area (Å²) in [6.45, 7) is 4.60. The Morgan fingerprint density at radius 2 is 1.96 bits per heavy atom. The van der Waals surface area contributed by atoms with Gasteiger partial charge in [0.2, 0.25) is 5.91 Å². The van der Waals surface area contributed by atoms with E-state index in [9.17, 15) is 9.18 Å². The van der Waals surface area contributed by atoms with E-state index in [4.69, 9.17) is 0 Å². The van der Waals surface area contributed by atoms with Crippen molar-refractivity contribution >= 4 is 5.91 Å². The predicted octanol–water partition coefficient (Wildman–Crippen LogP) is 2.81. The first-order valence-electron chi connectivity index (χ1n) is 8.12. The predicted molar refractivity (Wildman–Crippen MR) is 86.4 cm³/mol. The number of hydrogen-bond acceptors (Lipinski definition) is 2. The third-order valence-electron chi connectivity index (χ3n) is 4.61. The van der Waals surface area contributed by atoms with E-state index >= 15 is 0 Å². The maximum atomic E-state index is 12.9. The van der Waals surface area contributed by atoms with Gasteiger partial charge in [-0.2, -0.15) is 0 Å². The van der Waals surface area contributed by atoms with Crippen LogP contribution in [0.25, 0.3) is 0 Å². The van der Waals surface area contributed by atoms with Gasteiger partial charge in [-0.1, -0.05) is 12.1 Å². The van der Waals surface area contributed by atoms with Gasteiger partial charge in [0, 0.05) is 32.0 Å². The van der Waals surface area contributed by atoms with E-state index in [2.05, 4.69) is 9.55 Å². The minimum atomic E-state index is -0.267. The number of piperidine rings is 1. The molecule has 1 fully saturated rings. The lowest BCUT2D eigenvalue weighted by atomic mass is 9.96. The van der Waals surface area contributed by atoms with Crippen LogP contribution in [-0.2, 0) is 17.8 Å². The van der Waals surface area contributed by atoms with Gasteiger partial charge in [0.05, 0.1) is 6.42 Å². The fourth-order valence-corrected chi connectivity index (χ4v) is 3.13. The summed E-state index contributed by atoms with van der Waals surface area (Å²) in [5.41, 5.74) is 0.868. The quantitative estimate of drug-likeness (QED) is 0.870. The summed E-state index contributed by atoms with van der Waals surface area (Å²) in [6, 6.07) is 6.17. The van der Waals surface area contributed by atoms with Crippen LogP contribution in [0.3, 0.4) is 0 Å². The molecule has 3 rings (SSSR count). The molecular weight excluding hydrogens is 293 g/mol. The highest BCUT2D eigenvalue weighted by molar-refractivity contribution is 5.78. The van der Waals surface area contributed by atoms with E-state index in [1.54, 1.807) is 12.1 Å². The number of nitrogens with zero attached hydrogens (tertiary/aromatic N) is 3. The van der Waals surface area contributed by atoms with Crippen molar-refractivity contribution in [3.05, 3.63) is 53.9 Å². The Balaban J connectivity index is 1.49. The first-order chi connectivity index (χ1) is 11.1. The molecule has 0 saturated carbocycles. The van der Waals surface area contributed by atoms with E-state index in [0.29, 0.717) is 12.3 Å². The van der Waals surface area contributed by atoms with Crippen molar-refractivity contribution in [3.8, 4) is 0 Å². The number of aryl methyl sites for hydroxylation is 1. The van der Waals surface area contributed by atoms with Crippen LogP contribution < -0.4 is 0 Å². The standard InChI is InChI=1S/C18H22FN3O/c1-14-20-8-11-22(14)13-16-6-9-21(10-7-16)18(23)12-15-2-4-17(19)5-3-15/h2-5,8,11,16H,6-7,9-10,12-13H2,1H3. The first-order valence-corrected chi connectivity index (χ1v) is 8.12. The molecule has 1 saturated heterocycles. The molecule has 1 amide bonds. The summed E-state index contributed by atoms with van der Waals surface area (Å²) in [7, 11) is 0. The molecule has 2 heterocycles. The summed E-state index contributed by atoms with van der Waals surface area (Å²) in [4.78, 5) is 18.5. The summed E-state index contributed by atoms with van der Waals surface area (Å²) < 4.78 is 15.1. The van der Waals surface area contributed by atoms with E-state index in [1.807, 2.05) is 24.2 Å². The molecule has 0 unspecified atom stereocenters. The second-order valence-electron chi connectivity index (χ2n) is 6.25. The third kappa shape index (κ3) is 3.97. The molecule has 0 atom stereocenters. The molecular formula is C18H22FN3O. The zero-order chi connectivity index (χ0) is 16.2. The van der Waals surface area contributed by atoms with Gasteiger partial charge in [-0.05, 0) is 43.4 Å². The lowest BCUT2D eigenvalue weighted by Crippen LogP contribution is -2.40. The average Bonchev–Trinajstić information content (AvgIpc) is 2.95.